The number of anilines is 2. The van der Waals surface area contributed by atoms with E-state index in [0.717, 1.165) is 55.8 Å². The van der Waals surface area contributed by atoms with Gasteiger partial charge < -0.3 is 10.6 Å². The van der Waals surface area contributed by atoms with E-state index in [9.17, 15) is 0 Å². The monoisotopic (exact) mass is 276 g/mol. The smallest absolute Gasteiger partial charge is 0.134 e. The zero-order valence-electron chi connectivity index (χ0n) is 13.1. The molecule has 1 aromatic rings. The van der Waals surface area contributed by atoms with Crippen molar-refractivity contribution in [2.75, 3.05) is 23.7 Å². The highest BCUT2D eigenvalue weighted by atomic mass is 15.1. The van der Waals surface area contributed by atoms with Crippen molar-refractivity contribution in [2.45, 2.75) is 52.9 Å². The van der Waals surface area contributed by atoms with Gasteiger partial charge in [-0.15, -0.1) is 0 Å². The van der Waals surface area contributed by atoms with Gasteiger partial charge >= 0.3 is 0 Å². The van der Waals surface area contributed by atoms with Gasteiger partial charge in [0.15, 0.2) is 0 Å². The lowest BCUT2D eigenvalue weighted by atomic mass is 10.1. The fourth-order valence-electron chi connectivity index (χ4n) is 2.54. The molecular weight excluding hydrogens is 248 g/mol. The van der Waals surface area contributed by atoms with Crippen LogP contribution in [0.3, 0.4) is 0 Å². The van der Waals surface area contributed by atoms with Crippen LogP contribution in [0, 0.1) is 11.8 Å². The Labute approximate surface area is 122 Å². The molecule has 0 radical (unpaired) electrons. The van der Waals surface area contributed by atoms with Crippen LogP contribution in [0.5, 0.6) is 0 Å². The lowest BCUT2D eigenvalue weighted by molar-refractivity contribution is 0.535. The highest BCUT2D eigenvalue weighted by Gasteiger charge is 2.27. The average molecular weight is 276 g/mol. The van der Waals surface area contributed by atoms with Gasteiger partial charge in [-0.3, -0.25) is 0 Å². The highest BCUT2D eigenvalue weighted by Crippen LogP contribution is 2.36. The summed E-state index contributed by atoms with van der Waals surface area (Å²) in [6, 6.07) is 0. The summed E-state index contributed by atoms with van der Waals surface area (Å²) in [4.78, 5) is 8.86. The maximum absolute atomic E-state index is 4.46. The first-order valence-electron chi connectivity index (χ1n) is 8.07. The van der Waals surface area contributed by atoms with Crippen LogP contribution in [0.2, 0.25) is 0 Å². The average Bonchev–Trinajstić information content (AvgIpc) is 3.29. The minimum Gasteiger partial charge on any atom is -0.370 e. The second-order valence-electron chi connectivity index (χ2n) is 5.92. The van der Waals surface area contributed by atoms with Gasteiger partial charge in [0.2, 0.25) is 0 Å². The van der Waals surface area contributed by atoms with Crippen molar-refractivity contribution in [3.63, 3.8) is 0 Å². The van der Waals surface area contributed by atoms with Crippen LogP contribution in [-0.4, -0.2) is 23.1 Å². The van der Waals surface area contributed by atoms with Gasteiger partial charge in [0.25, 0.3) is 0 Å². The molecule has 1 heterocycles. The fraction of sp³-hybridized carbons (Fsp3) is 0.750. The molecule has 1 unspecified atom stereocenters. The maximum atomic E-state index is 4.46. The van der Waals surface area contributed by atoms with Crippen molar-refractivity contribution in [1.82, 2.24) is 9.97 Å². The molecule has 0 aromatic carbocycles. The van der Waals surface area contributed by atoms with Crippen molar-refractivity contribution < 1.29 is 0 Å². The molecule has 2 rings (SSSR count). The molecule has 0 aliphatic heterocycles. The van der Waals surface area contributed by atoms with E-state index in [2.05, 4.69) is 41.4 Å². The Morgan fingerprint density at radius 1 is 1.15 bits per heavy atom. The highest BCUT2D eigenvalue weighted by molar-refractivity contribution is 5.57. The Morgan fingerprint density at radius 3 is 2.45 bits per heavy atom. The molecule has 1 atom stereocenters. The topological polar surface area (TPSA) is 49.8 Å². The SMILES string of the molecule is CCCNc1ncnc(NCC(C)C2CC2)c1CCC. The third-order valence-electron chi connectivity index (χ3n) is 4.01. The first kappa shape index (κ1) is 15.1. The van der Waals surface area contributed by atoms with Gasteiger partial charge in [-0.05, 0) is 37.5 Å². The number of nitrogens with one attached hydrogen (secondary N) is 2. The summed E-state index contributed by atoms with van der Waals surface area (Å²) in [6.45, 7) is 8.69. The lowest BCUT2D eigenvalue weighted by Crippen LogP contribution is -2.16. The Hall–Kier alpha value is -1.32. The van der Waals surface area contributed by atoms with Crippen LogP contribution in [0.25, 0.3) is 0 Å². The van der Waals surface area contributed by atoms with Crippen molar-refractivity contribution >= 4 is 11.6 Å². The van der Waals surface area contributed by atoms with E-state index in [1.807, 2.05) is 0 Å². The maximum Gasteiger partial charge on any atom is 0.134 e. The van der Waals surface area contributed by atoms with E-state index in [0.29, 0.717) is 0 Å². The Bertz CT molecular complexity index is 415. The molecule has 4 nitrogen and oxygen atoms in total. The van der Waals surface area contributed by atoms with Crippen LogP contribution in [0.15, 0.2) is 6.33 Å². The van der Waals surface area contributed by atoms with Gasteiger partial charge in [0, 0.05) is 18.7 Å². The summed E-state index contributed by atoms with van der Waals surface area (Å²) < 4.78 is 0. The van der Waals surface area contributed by atoms with Gasteiger partial charge in [-0.2, -0.15) is 0 Å². The van der Waals surface area contributed by atoms with E-state index < -0.39 is 0 Å². The summed E-state index contributed by atoms with van der Waals surface area (Å²) in [6.07, 6.45) is 7.71. The van der Waals surface area contributed by atoms with Crippen molar-refractivity contribution in [3.8, 4) is 0 Å². The quantitative estimate of drug-likeness (QED) is 0.722. The minimum atomic E-state index is 0.742. The minimum absolute atomic E-state index is 0.742. The first-order chi connectivity index (χ1) is 9.76. The van der Waals surface area contributed by atoms with E-state index in [1.165, 1.54) is 18.4 Å². The zero-order valence-corrected chi connectivity index (χ0v) is 13.1. The number of aromatic nitrogens is 2. The Morgan fingerprint density at radius 2 is 1.85 bits per heavy atom. The van der Waals surface area contributed by atoms with Gasteiger partial charge in [0.05, 0.1) is 0 Å². The summed E-state index contributed by atoms with van der Waals surface area (Å²) >= 11 is 0. The Balaban J connectivity index is 2.04. The summed E-state index contributed by atoms with van der Waals surface area (Å²) in [5.74, 6) is 3.70. The zero-order chi connectivity index (χ0) is 14.4. The summed E-state index contributed by atoms with van der Waals surface area (Å²) in [7, 11) is 0. The van der Waals surface area contributed by atoms with Crippen molar-refractivity contribution in [2.24, 2.45) is 11.8 Å². The molecule has 4 heteroatoms. The number of nitrogens with zero attached hydrogens (tertiary/aromatic N) is 2. The Kier molecular flexibility index (Phi) is 5.62. The summed E-state index contributed by atoms with van der Waals surface area (Å²) in [5, 5.41) is 6.96. The van der Waals surface area contributed by atoms with Crippen LogP contribution in [-0.2, 0) is 6.42 Å². The van der Waals surface area contributed by atoms with Crippen LogP contribution in [0.4, 0.5) is 11.6 Å². The second-order valence-corrected chi connectivity index (χ2v) is 5.92. The van der Waals surface area contributed by atoms with E-state index in [-0.39, 0.29) is 0 Å². The van der Waals surface area contributed by atoms with Gasteiger partial charge in [-0.25, -0.2) is 9.97 Å². The summed E-state index contributed by atoms with van der Waals surface area (Å²) in [5.41, 5.74) is 1.24. The predicted molar refractivity (Wildman–Crippen MR) is 85.2 cm³/mol. The van der Waals surface area contributed by atoms with Crippen LogP contribution >= 0.6 is 0 Å². The molecular formula is C16H28N4. The third kappa shape index (κ3) is 4.09. The van der Waals surface area contributed by atoms with Crippen LogP contribution in [0.1, 0.15) is 52.0 Å². The molecule has 1 aromatic heterocycles. The molecule has 0 bridgehead atoms. The van der Waals surface area contributed by atoms with Gasteiger partial charge in [-0.1, -0.05) is 27.2 Å². The molecule has 20 heavy (non-hydrogen) atoms. The third-order valence-corrected chi connectivity index (χ3v) is 4.01. The van der Waals surface area contributed by atoms with Crippen molar-refractivity contribution in [3.05, 3.63) is 11.9 Å². The molecule has 0 saturated heterocycles. The lowest BCUT2D eigenvalue weighted by Gasteiger charge is -2.17. The van der Waals surface area contributed by atoms with E-state index in [4.69, 9.17) is 0 Å². The largest absolute Gasteiger partial charge is 0.370 e. The fourth-order valence-corrected chi connectivity index (χ4v) is 2.54. The molecule has 2 N–H and O–H groups in total. The molecule has 0 spiro atoms. The van der Waals surface area contributed by atoms with Crippen LogP contribution < -0.4 is 10.6 Å². The number of hydrogen-bond donors (Lipinski definition) is 2. The molecule has 112 valence electrons. The van der Waals surface area contributed by atoms with Gasteiger partial charge in [0.1, 0.15) is 18.0 Å². The second kappa shape index (κ2) is 7.46. The van der Waals surface area contributed by atoms with E-state index >= 15 is 0 Å². The molecule has 0 amide bonds. The predicted octanol–water partition coefficient (Wildman–Crippen LogP) is 3.71. The molecule has 1 aliphatic rings. The normalized spacial score (nSPS) is 15.9. The molecule has 1 aliphatic carbocycles. The number of rotatable bonds is 9. The number of hydrogen-bond acceptors (Lipinski definition) is 4. The molecule has 1 saturated carbocycles. The first-order valence-corrected chi connectivity index (χ1v) is 8.07. The van der Waals surface area contributed by atoms with Crippen molar-refractivity contribution in [1.29, 1.82) is 0 Å². The standard InChI is InChI=1S/C16H28N4/c1-4-6-14-15(17-9-5-2)19-11-20-16(14)18-10-12(3)13-7-8-13/h11-13H,4-10H2,1-3H3,(H2,17,18,19,20). The van der Waals surface area contributed by atoms with E-state index in [1.54, 1.807) is 6.33 Å². The molecule has 1 fully saturated rings.